The molecule has 2 N–H and O–H groups in total. The maximum Gasteiger partial charge on any atom is 0.0371 e. The van der Waals surface area contributed by atoms with Crippen LogP contribution >= 0.6 is 0 Å². The molecule has 0 aromatic heterocycles. The van der Waals surface area contributed by atoms with Crippen LogP contribution < -0.4 is 5.73 Å². The summed E-state index contributed by atoms with van der Waals surface area (Å²) in [6, 6.07) is 0.869. The molecule has 0 amide bonds. The zero-order valence-corrected chi connectivity index (χ0v) is 12.2. The van der Waals surface area contributed by atoms with Gasteiger partial charge in [0.25, 0.3) is 0 Å². The number of hydrogen-bond acceptors (Lipinski definition) is 3. The topological polar surface area (TPSA) is 32.5 Å². The third-order valence-electron chi connectivity index (χ3n) is 3.93. The van der Waals surface area contributed by atoms with E-state index in [9.17, 15) is 0 Å². The fourth-order valence-electron chi connectivity index (χ4n) is 2.72. The van der Waals surface area contributed by atoms with Crippen LogP contribution in [0.3, 0.4) is 0 Å². The zero-order valence-electron chi connectivity index (χ0n) is 12.2. The Bertz CT molecular complexity index is 206. The number of nitrogens with two attached hydrogens (primary N) is 1. The zero-order chi connectivity index (χ0) is 12.8. The number of likely N-dealkylation sites (N-methyl/N-ethyl adjacent to an activating group) is 2. The molecule has 0 aromatic carbocycles. The van der Waals surface area contributed by atoms with E-state index in [1.807, 2.05) is 0 Å². The van der Waals surface area contributed by atoms with Crippen molar-refractivity contribution in [3.63, 3.8) is 0 Å². The Balaban J connectivity index is 2.38. The van der Waals surface area contributed by atoms with Crippen molar-refractivity contribution < 1.29 is 0 Å². The summed E-state index contributed by atoms with van der Waals surface area (Å²) in [6.45, 7) is 8.10. The molecule has 2 unspecified atom stereocenters. The van der Waals surface area contributed by atoms with E-state index in [1.54, 1.807) is 0 Å². The minimum Gasteiger partial charge on any atom is -0.326 e. The van der Waals surface area contributed by atoms with Gasteiger partial charge in [-0.1, -0.05) is 26.7 Å². The standard InChI is InChI=1S/C14H31N3/c1-12(2)7-5-8-13(15)14-11-16(3)9-6-10-17(14)4/h12-14H,5-11,15H2,1-4H3. The van der Waals surface area contributed by atoms with E-state index >= 15 is 0 Å². The van der Waals surface area contributed by atoms with Crippen LogP contribution in [0.5, 0.6) is 0 Å². The Morgan fingerprint density at radius 2 is 1.88 bits per heavy atom. The number of hydrogen-bond donors (Lipinski definition) is 1. The summed E-state index contributed by atoms with van der Waals surface area (Å²) in [5.74, 6) is 0.803. The summed E-state index contributed by atoms with van der Waals surface area (Å²) in [6.07, 6.45) is 5.01. The molecule has 1 saturated heterocycles. The molecule has 1 aliphatic heterocycles. The molecule has 0 aromatic rings. The minimum atomic E-state index is 0.333. The van der Waals surface area contributed by atoms with Crippen LogP contribution in [0.1, 0.15) is 39.5 Å². The van der Waals surface area contributed by atoms with E-state index in [0.717, 1.165) is 12.5 Å². The largest absolute Gasteiger partial charge is 0.326 e. The molecule has 3 heteroatoms. The molecule has 1 rings (SSSR count). The highest BCUT2D eigenvalue weighted by atomic mass is 15.2. The second-order valence-electron chi connectivity index (χ2n) is 6.15. The first-order valence-electron chi connectivity index (χ1n) is 7.15. The summed E-state index contributed by atoms with van der Waals surface area (Å²) >= 11 is 0. The summed E-state index contributed by atoms with van der Waals surface area (Å²) in [5.41, 5.74) is 6.39. The van der Waals surface area contributed by atoms with Crippen molar-refractivity contribution in [2.24, 2.45) is 11.7 Å². The number of nitrogens with zero attached hydrogens (tertiary/aromatic N) is 2. The van der Waals surface area contributed by atoms with Crippen LogP contribution in [0.25, 0.3) is 0 Å². The van der Waals surface area contributed by atoms with Gasteiger partial charge in [0.2, 0.25) is 0 Å². The molecule has 17 heavy (non-hydrogen) atoms. The average Bonchev–Trinajstić information content (AvgIpc) is 2.40. The van der Waals surface area contributed by atoms with Gasteiger partial charge in [-0.15, -0.1) is 0 Å². The molecule has 3 nitrogen and oxygen atoms in total. The monoisotopic (exact) mass is 241 g/mol. The van der Waals surface area contributed by atoms with Gasteiger partial charge in [-0.2, -0.15) is 0 Å². The summed E-state index contributed by atoms with van der Waals surface area (Å²) < 4.78 is 0. The maximum absolute atomic E-state index is 6.39. The molecule has 0 bridgehead atoms. The van der Waals surface area contributed by atoms with Gasteiger partial charge in [-0.25, -0.2) is 0 Å². The molecular weight excluding hydrogens is 210 g/mol. The smallest absolute Gasteiger partial charge is 0.0371 e. The summed E-state index contributed by atoms with van der Waals surface area (Å²) in [7, 11) is 4.44. The third-order valence-corrected chi connectivity index (χ3v) is 3.93. The quantitative estimate of drug-likeness (QED) is 0.796. The molecule has 0 spiro atoms. The van der Waals surface area contributed by atoms with E-state index in [0.29, 0.717) is 12.1 Å². The third kappa shape index (κ3) is 5.36. The van der Waals surface area contributed by atoms with Crippen LogP contribution in [0.4, 0.5) is 0 Å². The highest BCUT2D eigenvalue weighted by Gasteiger charge is 2.25. The van der Waals surface area contributed by atoms with Gasteiger partial charge in [-0.05, 0) is 45.9 Å². The Labute approximate surface area is 107 Å². The molecule has 1 heterocycles. The van der Waals surface area contributed by atoms with Gasteiger partial charge in [-0.3, -0.25) is 0 Å². The van der Waals surface area contributed by atoms with Gasteiger partial charge in [0.15, 0.2) is 0 Å². The second kappa shape index (κ2) is 7.34. The van der Waals surface area contributed by atoms with Crippen molar-refractivity contribution in [3.05, 3.63) is 0 Å². The maximum atomic E-state index is 6.39. The van der Waals surface area contributed by atoms with Gasteiger partial charge in [0, 0.05) is 18.6 Å². The lowest BCUT2D eigenvalue weighted by atomic mass is 9.98. The van der Waals surface area contributed by atoms with E-state index in [2.05, 4.69) is 37.7 Å². The molecule has 2 atom stereocenters. The fraction of sp³-hybridized carbons (Fsp3) is 1.00. The Morgan fingerprint density at radius 1 is 1.18 bits per heavy atom. The average molecular weight is 241 g/mol. The van der Waals surface area contributed by atoms with Crippen molar-refractivity contribution in [3.8, 4) is 0 Å². The lowest BCUT2D eigenvalue weighted by molar-refractivity contribution is 0.189. The Kier molecular flexibility index (Phi) is 6.45. The molecule has 0 saturated carbocycles. The lowest BCUT2D eigenvalue weighted by Crippen LogP contribution is -2.50. The van der Waals surface area contributed by atoms with Gasteiger partial charge < -0.3 is 15.5 Å². The van der Waals surface area contributed by atoms with Gasteiger partial charge in [0.1, 0.15) is 0 Å². The predicted octanol–water partition coefficient (Wildman–Crippen LogP) is 1.78. The molecule has 0 aliphatic carbocycles. The van der Waals surface area contributed by atoms with Crippen LogP contribution in [-0.2, 0) is 0 Å². The summed E-state index contributed by atoms with van der Waals surface area (Å²) in [5, 5.41) is 0. The summed E-state index contributed by atoms with van der Waals surface area (Å²) in [4.78, 5) is 4.89. The SMILES string of the molecule is CC(C)CCCC(N)C1CN(C)CCCN1C. The number of rotatable bonds is 5. The van der Waals surface area contributed by atoms with E-state index in [1.165, 1.54) is 38.8 Å². The van der Waals surface area contributed by atoms with E-state index in [4.69, 9.17) is 5.73 Å². The van der Waals surface area contributed by atoms with Crippen molar-refractivity contribution in [1.82, 2.24) is 9.80 Å². The van der Waals surface area contributed by atoms with Crippen LogP contribution in [0.2, 0.25) is 0 Å². The Hall–Kier alpha value is -0.120. The molecule has 0 radical (unpaired) electrons. The highest BCUT2D eigenvalue weighted by Crippen LogP contribution is 2.15. The normalized spacial score (nSPS) is 26.1. The van der Waals surface area contributed by atoms with Crippen LogP contribution in [-0.4, -0.2) is 55.6 Å². The van der Waals surface area contributed by atoms with Gasteiger partial charge >= 0.3 is 0 Å². The first-order valence-corrected chi connectivity index (χ1v) is 7.15. The molecule has 1 aliphatic rings. The van der Waals surface area contributed by atoms with Crippen molar-refractivity contribution in [2.75, 3.05) is 33.7 Å². The fourth-order valence-corrected chi connectivity index (χ4v) is 2.72. The first kappa shape index (κ1) is 14.9. The molecule has 102 valence electrons. The highest BCUT2D eigenvalue weighted by molar-refractivity contribution is 4.85. The van der Waals surface area contributed by atoms with E-state index < -0.39 is 0 Å². The molecular formula is C14H31N3. The van der Waals surface area contributed by atoms with Crippen LogP contribution in [0, 0.1) is 5.92 Å². The minimum absolute atomic E-state index is 0.333. The van der Waals surface area contributed by atoms with E-state index in [-0.39, 0.29) is 0 Å². The van der Waals surface area contributed by atoms with Crippen molar-refractivity contribution in [1.29, 1.82) is 0 Å². The lowest BCUT2D eigenvalue weighted by Gasteiger charge is -2.32. The predicted molar refractivity (Wildman–Crippen MR) is 75.2 cm³/mol. The first-order chi connectivity index (χ1) is 8.00. The van der Waals surface area contributed by atoms with Gasteiger partial charge in [0.05, 0.1) is 0 Å². The van der Waals surface area contributed by atoms with Crippen molar-refractivity contribution in [2.45, 2.75) is 51.6 Å². The van der Waals surface area contributed by atoms with Crippen molar-refractivity contribution >= 4 is 0 Å². The van der Waals surface area contributed by atoms with Crippen LogP contribution in [0.15, 0.2) is 0 Å². The second-order valence-corrected chi connectivity index (χ2v) is 6.15. The Morgan fingerprint density at radius 3 is 2.53 bits per heavy atom. The molecule has 1 fully saturated rings.